The van der Waals surface area contributed by atoms with Gasteiger partial charge in [0.05, 0.1) is 11.2 Å². The number of aromatic nitrogens is 4. The van der Waals surface area contributed by atoms with Gasteiger partial charge in [-0.2, -0.15) is 5.10 Å². The summed E-state index contributed by atoms with van der Waals surface area (Å²) < 4.78 is 2.06. The van der Waals surface area contributed by atoms with E-state index in [9.17, 15) is 4.79 Å². The highest BCUT2D eigenvalue weighted by Gasteiger charge is 2.28. The van der Waals surface area contributed by atoms with E-state index in [-0.39, 0.29) is 11.8 Å². The second kappa shape index (κ2) is 10.9. The van der Waals surface area contributed by atoms with Crippen LogP contribution in [0.2, 0.25) is 5.02 Å². The minimum atomic E-state index is -0.0270. The van der Waals surface area contributed by atoms with Gasteiger partial charge in [0, 0.05) is 47.9 Å². The van der Waals surface area contributed by atoms with Gasteiger partial charge in [-0.25, -0.2) is 4.98 Å². The maximum absolute atomic E-state index is 13.1. The Morgan fingerprint density at radius 2 is 1.97 bits per heavy atom. The maximum atomic E-state index is 13.1. The van der Waals surface area contributed by atoms with Crippen LogP contribution >= 0.6 is 11.6 Å². The van der Waals surface area contributed by atoms with Gasteiger partial charge in [-0.1, -0.05) is 38.3 Å². The molecule has 0 aromatic carbocycles. The molecule has 6 nitrogen and oxygen atoms in total. The van der Waals surface area contributed by atoms with Gasteiger partial charge in [0.25, 0.3) is 0 Å². The van der Waals surface area contributed by atoms with Crippen LogP contribution in [-0.2, 0) is 17.8 Å². The quantitative estimate of drug-likeness (QED) is 0.425. The third-order valence-electron chi connectivity index (χ3n) is 6.49. The molecule has 1 fully saturated rings. The fourth-order valence-electron chi connectivity index (χ4n) is 4.85. The Morgan fingerprint density at radius 3 is 2.73 bits per heavy atom. The SMILES string of the molecule is CCCc1c(-c2cc(NC(=O)[C@H]3CCC[C@H](c4ccncc4)C3)ncc2Cl)cnn1CCC. The van der Waals surface area contributed by atoms with E-state index in [1.807, 2.05) is 24.7 Å². The third kappa shape index (κ3) is 5.44. The van der Waals surface area contributed by atoms with Crippen LogP contribution in [0.3, 0.4) is 0 Å². The molecule has 3 aromatic heterocycles. The number of amides is 1. The van der Waals surface area contributed by atoms with Gasteiger partial charge in [0.2, 0.25) is 5.91 Å². The predicted molar refractivity (Wildman–Crippen MR) is 132 cm³/mol. The molecule has 0 unspecified atom stereocenters. The zero-order valence-corrected chi connectivity index (χ0v) is 20.2. The van der Waals surface area contributed by atoms with Crippen LogP contribution in [0.15, 0.2) is 43.0 Å². The fourth-order valence-corrected chi connectivity index (χ4v) is 5.05. The zero-order chi connectivity index (χ0) is 23.2. The highest BCUT2D eigenvalue weighted by molar-refractivity contribution is 6.33. The molecule has 1 aliphatic rings. The molecule has 3 aromatic rings. The molecule has 174 valence electrons. The Hall–Kier alpha value is -2.73. The zero-order valence-electron chi connectivity index (χ0n) is 19.4. The second-order valence-corrected chi connectivity index (χ2v) is 9.26. The molecule has 1 aliphatic carbocycles. The summed E-state index contributed by atoms with van der Waals surface area (Å²) in [6.45, 7) is 5.19. The summed E-state index contributed by atoms with van der Waals surface area (Å²) in [6.07, 6.45) is 14.0. The highest BCUT2D eigenvalue weighted by atomic mass is 35.5. The number of anilines is 1. The number of nitrogens with one attached hydrogen (secondary N) is 1. The molecule has 0 spiro atoms. The summed E-state index contributed by atoms with van der Waals surface area (Å²) in [6, 6.07) is 6.00. The average molecular weight is 466 g/mol. The van der Waals surface area contributed by atoms with E-state index < -0.39 is 0 Å². The lowest BCUT2D eigenvalue weighted by molar-refractivity contribution is -0.120. The molecule has 7 heteroatoms. The van der Waals surface area contributed by atoms with E-state index in [0.29, 0.717) is 16.8 Å². The van der Waals surface area contributed by atoms with Gasteiger partial charge in [-0.3, -0.25) is 14.5 Å². The van der Waals surface area contributed by atoms with E-state index >= 15 is 0 Å². The second-order valence-electron chi connectivity index (χ2n) is 8.86. The number of nitrogens with zero attached hydrogens (tertiary/aromatic N) is 4. The third-order valence-corrected chi connectivity index (χ3v) is 6.79. The summed E-state index contributed by atoms with van der Waals surface area (Å²) in [5, 5.41) is 8.21. The number of pyridine rings is 2. The van der Waals surface area contributed by atoms with Gasteiger partial charge in [-0.15, -0.1) is 0 Å². The molecule has 1 N–H and O–H groups in total. The van der Waals surface area contributed by atoms with Crippen LogP contribution in [0.4, 0.5) is 5.82 Å². The number of carbonyl (C=O) groups is 1. The van der Waals surface area contributed by atoms with E-state index in [1.165, 1.54) is 11.3 Å². The first-order chi connectivity index (χ1) is 16.1. The summed E-state index contributed by atoms with van der Waals surface area (Å²) in [4.78, 5) is 21.6. The van der Waals surface area contributed by atoms with Crippen LogP contribution in [0.25, 0.3) is 11.1 Å². The van der Waals surface area contributed by atoms with Crippen molar-refractivity contribution in [3.05, 3.63) is 59.3 Å². The Bertz CT molecular complexity index is 1080. The standard InChI is InChI=1S/C26H32ClN5O/c1-3-6-24-22(16-30-32(24)13-4-2)21-15-25(29-17-23(21)27)31-26(33)20-8-5-7-19(14-20)18-9-11-28-12-10-18/h9-12,15-17,19-20H,3-8,13-14H2,1-2H3,(H,29,31,33)/t19-,20-/m0/s1. The van der Waals surface area contributed by atoms with Crippen molar-refractivity contribution < 1.29 is 4.79 Å². The highest BCUT2D eigenvalue weighted by Crippen LogP contribution is 2.37. The molecule has 2 atom stereocenters. The Morgan fingerprint density at radius 1 is 1.15 bits per heavy atom. The minimum Gasteiger partial charge on any atom is -0.310 e. The van der Waals surface area contributed by atoms with Gasteiger partial charge >= 0.3 is 0 Å². The molecule has 33 heavy (non-hydrogen) atoms. The number of hydrogen-bond donors (Lipinski definition) is 1. The molecular formula is C26H32ClN5O. The Kier molecular flexibility index (Phi) is 7.76. The topological polar surface area (TPSA) is 72.7 Å². The molecule has 0 radical (unpaired) electrons. The molecular weight excluding hydrogens is 434 g/mol. The lowest BCUT2D eigenvalue weighted by Gasteiger charge is -2.28. The molecule has 1 amide bonds. The van der Waals surface area contributed by atoms with Crippen LogP contribution in [0.1, 0.15) is 69.5 Å². The number of carbonyl (C=O) groups excluding carboxylic acids is 1. The molecule has 0 aliphatic heterocycles. The first kappa shape index (κ1) is 23.4. The first-order valence-electron chi connectivity index (χ1n) is 12.0. The monoisotopic (exact) mass is 465 g/mol. The summed E-state index contributed by atoms with van der Waals surface area (Å²) in [7, 11) is 0. The summed E-state index contributed by atoms with van der Waals surface area (Å²) in [5.41, 5.74) is 4.33. The Balaban J connectivity index is 1.52. The minimum absolute atomic E-state index is 0.0270. The predicted octanol–water partition coefficient (Wildman–Crippen LogP) is 6.27. The normalized spacial score (nSPS) is 18.3. The average Bonchev–Trinajstić information content (AvgIpc) is 3.23. The van der Waals surface area contributed by atoms with E-state index in [0.717, 1.165) is 62.6 Å². The maximum Gasteiger partial charge on any atom is 0.228 e. The van der Waals surface area contributed by atoms with Gasteiger partial charge in [0.1, 0.15) is 5.82 Å². The lowest BCUT2D eigenvalue weighted by Crippen LogP contribution is -2.27. The molecule has 3 heterocycles. The van der Waals surface area contributed by atoms with E-state index in [4.69, 9.17) is 11.6 Å². The summed E-state index contributed by atoms with van der Waals surface area (Å²) >= 11 is 6.54. The van der Waals surface area contributed by atoms with Crippen molar-refractivity contribution in [3.63, 3.8) is 0 Å². The van der Waals surface area contributed by atoms with Crippen LogP contribution < -0.4 is 5.32 Å². The van der Waals surface area contributed by atoms with Crippen molar-refractivity contribution in [1.82, 2.24) is 19.7 Å². The van der Waals surface area contributed by atoms with Crippen molar-refractivity contribution in [2.45, 2.75) is 71.3 Å². The van der Waals surface area contributed by atoms with Gasteiger partial charge in [-0.05, 0) is 61.8 Å². The van der Waals surface area contributed by atoms with Crippen molar-refractivity contribution in [2.75, 3.05) is 5.32 Å². The molecule has 4 rings (SSSR count). The number of rotatable bonds is 8. The Labute approximate surface area is 200 Å². The largest absolute Gasteiger partial charge is 0.310 e. The number of hydrogen-bond acceptors (Lipinski definition) is 4. The lowest BCUT2D eigenvalue weighted by atomic mass is 9.78. The van der Waals surface area contributed by atoms with Crippen molar-refractivity contribution in [3.8, 4) is 11.1 Å². The van der Waals surface area contributed by atoms with Crippen molar-refractivity contribution >= 4 is 23.3 Å². The molecule has 0 bridgehead atoms. The van der Waals surface area contributed by atoms with Crippen LogP contribution in [0, 0.1) is 5.92 Å². The van der Waals surface area contributed by atoms with Gasteiger partial charge in [0.15, 0.2) is 0 Å². The van der Waals surface area contributed by atoms with Crippen LogP contribution in [-0.4, -0.2) is 25.7 Å². The number of halogens is 1. The van der Waals surface area contributed by atoms with E-state index in [1.54, 1.807) is 6.20 Å². The molecule has 1 saturated carbocycles. The van der Waals surface area contributed by atoms with Crippen LogP contribution in [0.5, 0.6) is 0 Å². The van der Waals surface area contributed by atoms with Crippen molar-refractivity contribution in [1.29, 1.82) is 0 Å². The number of aryl methyl sites for hydroxylation is 1. The first-order valence-corrected chi connectivity index (χ1v) is 12.4. The van der Waals surface area contributed by atoms with E-state index in [2.05, 4.69) is 51.0 Å². The smallest absolute Gasteiger partial charge is 0.228 e. The van der Waals surface area contributed by atoms with Gasteiger partial charge < -0.3 is 5.32 Å². The fraction of sp³-hybridized carbons (Fsp3) is 0.462. The summed E-state index contributed by atoms with van der Waals surface area (Å²) in [5.74, 6) is 0.939. The van der Waals surface area contributed by atoms with Crippen molar-refractivity contribution in [2.24, 2.45) is 5.92 Å². The molecule has 0 saturated heterocycles.